The van der Waals surface area contributed by atoms with E-state index < -0.39 is 0 Å². The van der Waals surface area contributed by atoms with Gasteiger partial charge in [0.25, 0.3) is 0 Å². The summed E-state index contributed by atoms with van der Waals surface area (Å²) in [5, 5.41) is 4.16. The molecule has 19 heavy (non-hydrogen) atoms. The lowest BCUT2D eigenvalue weighted by molar-refractivity contribution is 0.0360. The van der Waals surface area contributed by atoms with Crippen LogP contribution in [0, 0.1) is 5.92 Å². The molecule has 0 amide bonds. The van der Waals surface area contributed by atoms with Crippen LogP contribution in [0.5, 0.6) is 5.75 Å². The molecule has 0 aromatic heterocycles. The monoisotopic (exact) mass is 281 g/mol. The standard InChI is InChI=1S/C16H24ClNO/c1-11(2)7-8-16(3)10-14(18-4)13-9-12(17)5-6-15(13)19-16/h5-6,9,11,14,18H,7-8,10H2,1-4H3. The minimum Gasteiger partial charge on any atom is -0.487 e. The van der Waals surface area contributed by atoms with Gasteiger partial charge in [-0.05, 0) is 50.9 Å². The lowest BCUT2D eigenvalue weighted by atomic mass is 9.84. The Balaban J connectivity index is 2.23. The van der Waals surface area contributed by atoms with Crippen molar-refractivity contribution in [3.05, 3.63) is 28.8 Å². The van der Waals surface area contributed by atoms with Crippen molar-refractivity contribution in [3.8, 4) is 5.75 Å². The predicted molar refractivity (Wildman–Crippen MR) is 81.0 cm³/mol. The zero-order valence-electron chi connectivity index (χ0n) is 12.3. The number of rotatable bonds is 4. The summed E-state index contributed by atoms with van der Waals surface area (Å²) in [6.07, 6.45) is 3.27. The first kappa shape index (κ1) is 14.7. The molecule has 1 aliphatic rings. The summed E-state index contributed by atoms with van der Waals surface area (Å²) in [7, 11) is 2.00. The fourth-order valence-corrected chi connectivity index (χ4v) is 2.92. The molecule has 2 nitrogen and oxygen atoms in total. The summed E-state index contributed by atoms with van der Waals surface area (Å²) in [5.74, 6) is 1.68. The second-order valence-electron chi connectivity index (χ2n) is 6.21. The Morgan fingerprint density at radius 2 is 2.21 bits per heavy atom. The Morgan fingerprint density at radius 3 is 2.84 bits per heavy atom. The van der Waals surface area contributed by atoms with Gasteiger partial charge in [-0.15, -0.1) is 0 Å². The van der Waals surface area contributed by atoms with Crippen molar-refractivity contribution in [2.24, 2.45) is 5.92 Å². The van der Waals surface area contributed by atoms with Gasteiger partial charge in [-0.3, -0.25) is 0 Å². The van der Waals surface area contributed by atoms with Crippen LogP contribution >= 0.6 is 11.6 Å². The molecule has 1 aromatic carbocycles. The number of nitrogens with one attached hydrogen (secondary N) is 1. The minimum absolute atomic E-state index is 0.0845. The van der Waals surface area contributed by atoms with Crippen LogP contribution in [-0.2, 0) is 0 Å². The molecule has 2 rings (SSSR count). The van der Waals surface area contributed by atoms with Crippen LogP contribution in [0.3, 0.4) is 0 Å². The fourth-order valence-electron chi connectivity index (χ4n) is 2.74. The normalized spacial score (nSPS) is 26.1. The first-order chi connectivity index (χ1) is 8.93. The lowest BCUT2D eigenvalue weighted by Gasteiger charge is -2.40. The van der Waals surface area contributed by atoms with E-state index in [4.69, 9.17) is 16.3 Å². The molecule has 2 unspecified atom stereocenters. The largest absolute Gasteiger partial charge is 0.487 e. The summed E-state index contributed by atoms with van der Waals surface area (Å²) in [6, 6.07) is 6.23. The third kappa shape index (κ3) is 3.43. The van der Waals surface area contributed by atoms with E-state index >= 15 is 0 Å². The Bertz CT molecular complexity index is 446. The van der Waals surface area contributed by atoms with E-state index in [0.717, 1.165) is 23.6 Å². The number of hydrogen-bond donors (Lipinski definition) is 1. The van der Waals surface area contributed by atoms with Crippen molar-refractivity contribution in [3.63, 3.8) is 0 Å². The zero-order valence-corrected chi connectivity index (χ0v) is 13.1. The second-order valence-corrected chi connectivity index (χ2v) is 6.65. The Morgan fingerprint density at radius 1 is 1.47 bits per heavy atom. The lowest BCUT2D eigenvalue weighted by Crippen LogP contribution is -2.41. The quantitative estimate of drug-likeness (QED) is 0.872. The Hall–Kier alpha value is -0.730. The van der Waals surface area contributed by atoms with Gasteiger partial charge in [0.2, 0.25) is 0 Å². The molecule has 0 fully saturated rings. The summed E-state index contributed by atoms with van der Waals surface area (Å²) >= 11 is 6.09. The van der Waals surface area contributed by atoms with E-state index in [-0.39, 0.29) is 5.60 Å². The van der Waals surface area contributed by atoms with E-state index in [1.807, 2.05) is 25.2 Å². The number of hydrogen-bond acceptors (Lipinski definition) is 2. The second kappa shape index (κ2) is 5.72. The summed E-state index contributed by atoms with van der Waals surface area (Å²) in [6.45, 7) is 6.74. The summed E-state index contributed by atoms with van der Waals surface area (Å²) in [4.78, 5) is 0. The third-order valence-corrected chi connectivity index (χ3v) is 4.17. The first-order valence-corrected chi connectivity index (χ1v) is 7.47. The van der Waals surface area contributed by atoms with E-state index in [1.54, 1.807) is 0 Å². The molecule has 0 radical (unpaired) electrons. The van der Waals surface area contributed by atoms with Gasteiger partial charge in [-0.1, -0.05) is 25.4 Å². The van der Waals surface area contributed by atoms with Gasteiger partial charge in [0.05, 0.1) is 0 Å². The van der Waals surface area contributed by atoms with Crippen LogP contribution in [0.4, 0.5) is 0 Å². The maximum absolute atomic E-state index is 6.26. The molecule has 0 saturated carbocycles. The SMILES string of the molecule is CNC1CC(C)(CCC(C)C)Oc2ccc(Cl)cc21. The van der Waals surface area contributed by atoms with Crippen LogP contribution in [0.1, 0.15) is 51.6 Å². The van der Waals surface area contributed by atoms with Crippen LogP contribution in [-0.4, -0.2) is 12.6 Å². The maximum Gasteiger partial charge on any atom is 0.125 e. The fraction of sp³-hybridized carbons (Fsp3) is 0.625. The molecule has 1 aromatic rings. The molecule has 0 spiro atoms. The minimum atomic E-state index is -0.0845. The van der Waals surface area contributed by atoms with Gasteiger partial charge >= 0.3 is 0 Å². The highest BCUT2D eigenvalue weighted by molar-refractivity contribution is 6.30. The van der Waals surface area contributed by atoms with Crippen LogP contribution in [0.15, 0.2) is 18.2 Å². The third-order valence-electron chi connectivity index (χ3n) is 3.94. The number of halogens is 1. The molecular formula is C16H24ClNO. The smallest absolute Gasteiger partial charge is 0.125 e. The van der Waals surface area contributed by atoms with Crippen LogP contribution in [0.2, 0.25) is 5.02 Å². The van der Waals surface area contributed by atoms with Gasteiger partial charge in [0, 0.05) is 23.0 Å². The topological polar surface area (TPSA) is 21.3 Å². The van der Waals surface area contributed by atoms with Crippen molar-refractivity contribution in [1.29, 1.82) is 0 Å². The van der Waals surface area contributed by atoms with Crippen LogP contribution in [0.25, 0.3) is 0 Å². The van der Waals surface area contributed by atoms with E-state index in [1.165, 1.54) is 12.0 Å². The van der Waals surface area contributed by atoms with Crippen molar-refractivity contribution in [2.75, 3.05) is 7.05 Å². The molecule has 106 valence electrons. The van der Waals surface area contributed by atoms with Gasteiger partial charge in [0.1, 0.15) is 11.4 Å². The Labute approximate surface area is 121 Å². The van der Waals surface area contributed by atoms with Crippen molar-refractivity contribution >= 4 is 11.6 Å². The molecule has 1 heterocycles. The molecule has 0 aliphatic carbocycles. The molecule has 0 bridgehead atoms. The average molecular weight is 282 g/mol. The van der Waals surface area contributed by atoms with Crippen molar-refractivity contribution in [1.82, 2.24) is 5.32 Å². The van der Waals surface area contributed by atoms with E-state index in [0.29, 0.717) is 12.0 Å². The Kier molecular flexibility index (Phi) is 4.42. The molecule has 0 saturated heterocycles. The van der Waals surface area contributed by atoms with E-state index in [9.17, 15) is 0 Å². The summed E-state index contributed by atoms with van der Waals surface area (Å²) < 4.78 is 6.26. The van der Waals surface area contributed by atoms with Crippen molar-refractivity contribution in [2.45, 2.75) is 51.7 Å². The molecule has 3 heteroatoms. The summed E-state index contributed by atoms with van der Waals surface area (Å²) in [5.41, 5.74) is 1.09. The molecule has 1 aliphatic heterocycles. The van der Waals surface area contributed by atoms with Gasteiger partial charge in [-0.2, -0.15) is 0 Å². The number of ether oxygens (including phenoxy) is 1. The highest BCUT2D eigenvalue weighted by Gasteiger charge is 2.36. The number of fused-ring (bicyclic) bond motifs is 1. The zero-order chi connectivity index (χ0) is 14.0. The number of benzene rings is 1. The van der Waals surface area contributed by atoms with Gasteiger partial charge in [-0.25, -0.2) is 0 Å². The van der Waals surface area contributed by atoms with Gasteiger partial charge < -0.3 is 10.1 Å². The highest BCUT2D eigenvalue weighted by atomic mass is 35.5. The molecule has 1 N–H and O–H groups in total. The van der Waals surface area contributed by atoms with E-state index in [2.05, 4.69) is 26.1 Å². The predicted octanol–water partition coefficient (Wildman–Crippen LogP) is 4.58. The van der Waals surface area contributed by atoms with Gasteiger partial charge in [0.15, 0.2) is 0 Å². The average Bonchev–Trinajstić information content (AvgIpc) is 2.36. The molecular weight excluding hydrogens is 258 g/mol. The first-order valence-electron chi connectivity index (χ1n) is 7.09. The highest BCUT2D eigenvalue weighted by Crippen LogP contribution is 2.42. The van der Waals surface area contributed by atoms with Crippen molar-refractivity contribution < 1.29 is 4.74 Å². The molecule has 2 atom stereocenters. The maximum atomic E-state index is 6.26. The van der Waals surface area contributed by atoms with Crippen LogP contribution < -0.4 is 10.1 Å².